The lowest BCUT2D eigenvalue weighted by molar-refractivity contribution is 0.171. The summed E-state index contributed by atoms with van der Waals surface area (Å²) in [7, 11) is 0. The van der Waals surface area contributed by atoms with Crippen LogP contribution in [0.1, 0.15) is 33.1 Å². The van der Waals surface area contributed by atoms with Crippen LogP contribution >= 0.6 is 23.5 Å². The number of hydrazine groups is 1. The van der Waals surface area contributed by atoms with Crippen LogP contribution < -0.4 is 11.3 Å². The molecule has 1 saturated heterocycles. The van der Waals surface area contributed by atoms with Gasteiger partial charge in [-0.1, -0.05) is 20.3 Å². The lowest BCUT2D eigenvalue weighted by Gasteiger charge is -2.40. The lowest BCUT2D eigenvalue weighted by Crippen LogP contribution is -2.51. The Kier molecular flexibility index (Phi) is 5.52. The van der Waals surface area contributed by atoms with Crippen molar-refractivity contribution < 1.29 is 0 Å². The Hall–Kier alpha value is 0.620. The smallest absolute Gasteiger partial charge is 0.0365 e. The first kappa shape index (κ1) is 14.0. The molecule has 1 saturated carbocycles. The van der Waals surface area contributed by atoms with E-state index in [-0.39, 0.29) is 0 Å². The van der Waals surface area contributed by atoms with E-state index in [1.807, 2.05) is 0 Å². The average molecular weight is 274 g/mol. The van der Waals surface area contributed by atoms with E-state index in [9.17, 15) is 0 Å². The molecule has 2 fully saturated rings. The van der Waals surface area contributed by atoms with Crippen molar-refractivity contribution in [3.8, 4) is 0 Å². The Morgan fingerprint density at radius 3 is 2.59 bits per heavy atom. The Bertz CT molecular complexity index is 231. The van der Waals surface area contributed by atoms with E-state index in [1.54, 1.807) is 0 Å². The molecule has 2 aliphatic rings. The lowest BCUT2D eigenvalue weighted by atomic mass is 9.73. The molecule has 0 amide bonds. The molecule has 1 heterocycles. The van der Waals surface area contributed by atoms with Crippen LogP contribution in [0, 0.1) is 17.8 Å². The van der Waals surface area contributed by atoms with Crippen molar-refractivity contribution >= 4 is 23.5 Å². The second kappa shape index (κ2) is 6.69. The number of hydrogen-bond donors (Lipinski definition) is 2. The summed E-state index contributed by atoms with van der Waals surface area (Å²) in [4.78, 5) is 0. The first-order chi connectivity index (χ1) is 8.22. The van der Waals surface area contributed by atoms with Crippen molar-refractivity contribution in [1.82, 2.24) is 5.43 Å². The monoisotopic (exact) mass is 274 g/mol. The summed E-state index contributed by atoms with van der Waals surface area (Å²) in [6.45, 7) is 4.81. The van der Waals surface area contributed by atoms with Gasteiger partial charge in [0.1, 0.15) is 0 Å². The van der Waals surface area contributed by atoms with Crippen molar-refractivity contribution in [3.05, 3.63) is 0 Å². The summed E-state index contributed by atoms with van der Waals surface area (Å²) in [6.07, 6.45) is 4.11. The van der Waals surface area contributed by atoms with E-state index < -0.39 is 0 Å². The van der Waals surface area contributed by atoms with Crippen molar-refractivity contribution in [2.45, 2.75) is 44.4 Å². The largest absolute Gasteiger partial charge is 0.271 e. The van der Waals surface area contributed by atoms with Gasteiger partial charge >= 0.3 is 0 Å². The number of thioether (sulfide) groups is 2. The van der Waals surface area contributed by atoms with Crippen LogP contribution in [0.2, 0.25) is 0 Å². The molecule has 2 rings (SSSR count). The van der Waals surface area contributed by atoms with Crippen LogP contribution in [0.5, 0.6) is 0 Å². The molecule has 5 unspecified atom stereocenters. The Morgan fingerprint density at radius 2 is 2.00 bits per heavy atom. The predicted octanol–water partition coefficient (Wildman–Crippen LogP) is 2.74. The molecule has 1 aliphatic heterocycles. The highest BCUT2D eigenvalue weighted by Crippen LogP contribution is 2.38. The normalized spacial score (nSPS) is 41.1. The third-order valence-corrected chi connectivity index (χ3v) is 7.47. The van der Waals surface area contributed by atoms with Crippen LogP contribution in [-0.2, 0) is 0 Å². The van der Waals surface area contributed by atoms with Gasteiger partial charge in [-0.3, -0.25) is 11.3 Å². The van der Waals surface area contributed by atoms with Crippen molar-refractivity contribution in [2.75, 3.05) is 17.3 Å². The van der Waals surface area contributed by atoms with E-state index in [2.05, 4.69) is 42.8 Å². The van der Waals surface area contributed by atoms with Crippen molar-refractivity contribution in [3.63, 3.8) is 0 Å². The molecule has 2 nitrogen and oxygen atoms in total. The molecule has 0 aromatic rings. The maximum atomic E-state index is 5.84. The highest BCUT2D eigenvalue weighted by atomic mass is 32.2. The van der Waals surface area contributed by atoms with Gasteiger partial charge in [-0.25, -0.2) is 0 Å². The SMILES string of the molecule is CC1CCC(C(NN)C2CSCCS2)CC1C. The summed E-state index contributed by atoms with van der Waals surface area (Å²) in [5, 5.41) is 0.726. The third kappa shape index (κ3) is 3.55. The molecule has 0 spiro atoms. The van der Waals surface area contributed by atoms with Gasteiger partial charge in [0.15, 0.2) is 0 Å². The third-order valence-electron chi connectivity index (χ3n) is 4.58. The van der Waals surface area contributed by atoms with E-state index in [0.717, 1.165) is 23.0 Å². The Morgan fingerprint density at radius 1 is 1.18 bits per heavy atom. The topological polar surface area (TPSA) is 38.0 Å². The fourth-order valence-electron chi connectivity index (χ4n) is 3.18. The van der Waals surface area contributed by atoms with Gasteiger partial charge in [0.2, 0.25) is 0 Å². The van der Waals surface area contributed by atoms with Gasteiger partial charge in [-0.15, -0.1) is 0 Å². The summed E-state index contributed by atoms with van der Waals surface area (Å²) in [5.74, 6) is 12.3. The Labute approximate surface area is 114 Å². The first-order valence-corrected chi connectivity index (χ1v) is 9.08. The maximum Gasteiger partial charge on any atom is 0.0365 e. The molecule has 0 radical (unpaired) electrons. The van der Waals surface area contributed by atoms with Gasteiger partial charge in [-0.05, 0) is 30.6 Å². The fourth-order valence-corrected chi connectivity index (χ4v) is 6.12. The molecule has 0 aromatic carbocycles. The van der Waals surface area contributed by atoms with E-state index in [1.165, 1.54) is 36.5 Å². The van der Waals surface area contributed by atoms with Crippen molar-refractivity contribution in [2.24, 2.45) is 23.6 Å². The minimum Gasteiger partial charge on any atom is -0.271 e. The molecule has 4 heteroatoms. The van der Waals surface area contributed by atoms with Crippen LogP contribution in [0.3, 0.4) is 0 Å². The second-order valence-corrected chi connectivity index (χ2v) is 8.20. The highest BCUT2D eigenvalue weighted by molar-refractivity contribution is 8.06. The number of nitrogens with two attached hydrogens (primary N) is 1. The quantitative estimate of drug-likeness (QED) is 0.613. The van der Waals surface area contributed by atoms with Gasteiger partial charge in [0.05, 0.1) is 0 Å². The molecular weight excluding hydrogens is 248 g/mol. The molecule has 0 aromatic heterocycles. The summed E-state index contributed by atoms with van der Waals surface area (Å²) >= 11 is 4.22. The van der Waals surface area contributed by atoms with Gasteiger partial charge in [-0.2, -0.15) is 23.5 Å². The van der Waals surface area contributed by atoms with Gasteiger partial charge < -0.3 is 0 Å². The predicted molar refractivity (Wildman–Crippen MR) is 80.4 cm³/mol. The zero-order chi connectivity index (χ0) is 12.3. The maximum absolute atomic E-state index is 5.84. The van der Waals surface area contributed by atoms with Gasteiger partial charge in [0.25, 0.3) is 0 Å². The molecule has 17 heavy (non-hydrogen) atoms. The molecule has 5 atom stereocenters. The van der Waals surface area contributed by atoms with Crippen LogP contribution in [-0.4, -0.2) is 28.6 Å². The Balaban J connectivity index is 1.93. The standard InChI is InChI=1S/C13H26N2S2/c1-9-3-4-11(7-10(9)2)13(15-14)12-8-16-5-6-17-12/h9-13,15H,3-8,14H2,1-2H3. The number of nitrogens with one attached hydrogen (secondary N) is 1. The molecule has 100 valence electrons. The second-order valence-electron chi connectivity index (χ2n) is 5.70. The van der Waals surface area contributed by atoms with Gasteiger partial charge in [0, 0.05) is 28.6 Å². The van der Waals surface area contributed by atoms with Crippen LogP contribution in [0.15, 0.2) is 0 Å². The highest BCUT2D eigenvalue weighted by Gasteiger charge is 2.34. The zero-order valence-corrected chi connectivity index (χ0v) is 12.7. The van der Waals surface area contributed by atoms with Crippen LogP contribution in [0.25, 0.3) is 0 Å². The van der Waals surface area contributed by atoms with E-state index in [0.29, 0.717) is 6.04 Å². The first-order valence-electron chi connectivity index (χ1n) is 6.88. The minimum atomic E-state index is 0.530. The number of hydrogen-bond acceptors (Lipinski definition) is 4. The average Bonchev–Trinajstić information content (AvgIpc) is 2.36. The molecular formula is C13H26N2S2. The van der Waals surface area contributed by atoms with E-state index >= 15 is 0 Å². The van der Waals surface area contributed by atoms with Crippen LogP contribution in [0.4, 0.5) is 0 Å². The minimum absolute atomic E-state index is 0.530. The van der Waals surface area contributed by atoms with E-state index in [4.69, 9.17) is 5.84 Å². The molecule has 0 bridgehead atoms. The molecule has 3 N–H and O–H groups in total. The number of rotatable bonds is 3. The summed E-state index contributed by atoms with van der Waals surface area (Å²) < 4.78 is 0. The molecule has 1 aliphatic carbocycles. The van der Waals surface area contributed by atoms with Crippen molar-refractivity contribution in [1.29, 1.82) is 0 Å². The summed E-state index contributed by atoms with van der Waals surface area (Å²) in [6, 6.07) is 0.530. The summed E-state index contributed by atoms with van der Waals surface area (Å²) in [5.41, 5.74) is 3.14. The zero-order valence-electron chi connectivity index (χ0n) is 11.0. The fraction of sp³-hybridized carbons (Fsp3) is 1.00.